The Hall–Kier alpha value is 0.260. The molecular weight excluding hydrogens is 288 g/mol. The van der Waals surface area contributed by atoms with Crippen LogP contribution in [0.25, 0.3) is 0 Å². The number of rotatable bonds is 6. The van der Waals surface area contributed by atoms with Gasteiger partial charge in [0.2, 0.25) is 0 Å². The van der Waals surface area contributed by atoms with E-state index in [2.05, 4.69) is 39.7 Å². The largest absolute Gasteiger partial charge is 0.383 e. The van der Waals surface area contributed by atoms with Gasteiger partial charge in [0.25, 0.3) is 0 Å². The Morgan fingerprint density at radius 3 is 2.94 bits per heavy atom. The van der Waals surface area contributed by atoms with Crippen LogP contribution in [0.4, 0.5) is 0 Å². The molecule has 2 atom stereocenters. The Morgan fingerprint density at radius 1 is 1.69 bits per heavy atom. The smallest absolute Gasteiger partial charge is 0.159 e. The third-order valence-corrected chi connectivity index (χ3v) is 5.21. The van der Waals surface area contributed by atoms with Crippen LogP contribution < -0.4 is 0 Å². The SMILES string of the molecule is CCC(C)N(CCOC)C1=NCC(CBr)S1. The molecule has 0 bridgehead atoms. The average molecular weight is 309 g/mol. The van der Waals surface area contributed by atoms with E-state index >= 15 is 0 Å². The first-order chi connectivity index (χ1) is 7.72. The first-order valence-corrected chi connectivity index (χ1v) is 7.75. The third-order valence-electron chi connectivity index (χ3n) is 2.78. The summed E-state index contributed by atoms with van der Waals surface area (Å²) in [6.45, 7) is 7.10. The topological polar surface area (TPSA) is 24.8 Å². The Labute approximate surface area is 111 Å². The zero-order valence-corrected chi connectivity index (χ0v) is 12.7. The number of amidine groups is 1. The molecule has 0 aromatic heterocycles. The molecule has 0 radical (unpaired) electrons. The monoisotopic (exact) mass is 308 g/mol. The van der Waals surface area contributed by atoms with Gasteiger partial charge in [0, 0.05) is 30.3 Å². The van der Waals surface area contributed by atoms with Gasteiger partial charge in [0.05, 0.1) is 13.2 Å². The first-order valence-electron chi connectivity index (χ1n) is 5.75. The van der Waals surface area contributed by atoms with Crippen molar-refractivity contribution in [2.75, 3.05) is 32.1 Å². The fourth-order valence-electron chi connectivity index (χ4n) is 1.56. The van der Waals surface area contributed by atoms with Crippen LogP contribution in [0.1, 0.15) is 20.3 Å². The minimum Gasteiger partial charge on any atom is -0.383 e. The lowest BCUT2D eigenvalue weighted by Gasteiger charge is -2.29. The summed E-state index contributed by atoms with van der Waals surface area (Å²) >= 11 is 5.41. The third kappa shape index (κ3) is 3.93. The maximum Gasteiger partial charge on any atom is 0.159 e. The normalized spacial score (nSPS) is 22.0. The Kier molecular flexibility index (Phi) is 6.77. The number of ether oxygens (including phenoxy) is 1. The lowest BCUT2D eigenvalue weighted by Crippen LogP contribution is -2.38. The van der Waals surface area contributed by atoms with E-state index in [0.29, 0.717) is 11.3 Å². The van der Waals surface area contributed by atoms with Crippen molar-refractivity contribution in [3.05, 3.63) is 0 Å². The molecule has 0 aromatic carbocycles. The maximum absolute atomic E-state index is 5.16. The van der Waals surface area contributed by atoms with Crippen LogP contribution in [-0.2, 0) is 4.74 Å². The summed E-state index contributed by atoms with van der Waals surface area (Å²) in [5.74, 6) is 0. The predicted octanol–water partition coefficient (Wildman–Crippen LogP) is 2.60. The molecule has 0 aromatic rings. The van der Waals surface area contributed by atoms with Gasteiger partial charge in [0.1, 0.15) is 0 Å². The number of alkyl halides is 1. The van der Waals surface area contributed by atoms with E-state index in [1.165, 1.54) is 5.17 Å². The van der Waals surface area contributed by atoms with Crippen molar-refractivity contribution in [3.63, 3.8) is 0 Å². The van der Waals surface area contributed by atoms with Gasteiger partial charge in [-0.15, -0.1) is 0 Å². The summed E-state index contributed by atoms with van der Waals surface area (Å²) in [5, 5.41) is 2.81. The van der Waals surface area contributed by atoms with Gasteiger partial charge in [-0.1, -0.05) is 34.6 Å². The molecule has 1 aliphatic rings. The van der Waals surface area contributed by atoms with Crippen molar-refractivity contribution >= 4 is 32.9 Å². The van der Waals surface area contributed by atoms with Gasteiger partial charge in [-0.2, -0.15) is 0 Å². The zero-order chi connectivity index (χ0) is 12.0. The van der Waals surface area contributed by atoms with Gasteiger partial charge in [-0.3, -0.25) is 4.99 Å². The summed E-state index contributed by atoms with van der Waals surface area (Å²) in [6.07, 6.45) is 1.14. The van der Waals surface area contributed by atoms with E-state index in [1.807, 2.05) is 11.8 Å². The molecular formula is C11H21BrN2OS. The Balaban J connectivity index is 2.55. The van der Waals surface area contributed by atoms with E-state index < -0.39 is 0 Å². The number of thioether (sulfide) groups is 1. The number of nitrogens with zero attached hydrogens (tertiary/aromatic N) is 2. The van der Waals surface area contributed by atoms with Gasteiger partial charge >= 0.3 is 0 Å². The standard InChI is InChI=1S/C11H21BrN2OS/c1-4-9(2)14(5-6-15-3)11-13-8-10(7-12)16-11/h9-10H,4-8H2,1-3H3. The highest BCUT2D eigenvalue weighted by Gasteiger charge is 2.25. The minimum atomic E-state index is 0.537. The number of aliphatic imine (C=N–C) groups is 1. The highest BCUT2D eigenvalue weighted by atomic mass is 79.9. The number of methoxy groups -OCH3 is 1. The quantitative estimate of drug-likeness (QED) is 0.705. The van der Waals surface area contributed by atoms with E-state index in [9.17, 15) is 0 Å². The molecule has 94 valence electrons. The van der Waals surface area contributed by atoms with Crippen molar-refractivity contribution in [2.24, 2.45) is 4.99 Å². The van der Waals surface area contributed by atoms with Crippen molar-refractivity contribution < 1.29 is 4.74 Å². The highest BCUT2D eigenvalue weighted by molar-refractivity contribution is 9.09. The van der Waals surface area contributed by atoms with Crippen LogP contribution >= 0.6 is 27.7 Å². The fourth-order valence-corrected chi connectivity index (χ4v) is 3.22. The molecule has 0 aliphatic carbocycles. The van der Waals surface area contributed by atoms with Crippen molar-refractivity contribution in [1.82, 2.24) is 4.90 Å². The van der Waals surface area contributed by atoms with Gasteiger partial charge in [0.15, 0.2) is 5.17 Å². The Morgan fingerprint density at radius 2 is 2.44 bits per heavy atom. The number of hydrogen-bond donors (Lipinski definition) is 0. The molecule has 0 saturated carbocycles. The molecule has 0 spiro atoms. The molecule has 3 nitrogen and oxygen atoms in total. The molecule has 1 heterocycles. The van der Waals surface area contributed by atoms with Crippen LogP contribution in [0, 0.1) is 0 Å². The van der Waals surface area contributed by atoms with E-state index in [4.69, 9.17) is 4.74 Å². The molecule has 1 aliphatic heterocycles. The molecule has 0 N–H and O–H groups in total. The lowest BCUT2D eigenvalue weighted by molar-refractivity contribution is 0.164. The van der Waals surface area contributed by atoms with Crippen LogP contribution in [-0.4, -0.2) is 53.5 Å². The fraction of sp³-hybridized carbons (Fsp3) is 0.909. The summed E-state index contributed by atoms with van der Waals surface area (Å²) in [6, 6.07) is 0.537. The number of hydrogen-bond acceptors (Lipinski definition) is 4. The van der Waals surface area contributed by atoms with Crippen LogP contribution in [0.15, 0.2) is 4.99 Å². The molecule has 16 heavy (non-hydrogen) atoms. The number of halogens is 1. The van der Waals surface area contributed by atoms with Crippen molar-refractivity contribution in [2.45, 2.75) is 31.6 Å². The first kappa shape index (κ1) is 14.3. The summed E-state index contributed by atoms with van der Waals surface area (Å²) in [7, 11) is 1.75. The highest BCUT2D eigenvalue weighted by Crippen LogP contribution is 2.26. The maximum atomic E-state index is 5.16. The average Bonchev–Trinajstić information content (AvgIpc) is 2.77. The van der Waals surface area contributed by atoms with Gasteiger partial charge in [-0.05, 0) is 13.3 Å². The zero-order valence-electron chi connectivity index (χ0n) is 10.3. The second-order valence-electron chi connectivity index (χ2n) is 3.96. The van der Waals surface area contributed by atoms with Crippen molar-refractivity contribution in [3.8, 4) is 0 Å². The lowest BCUT2D eigenvalue weighted by atomic mass is 10.2. The molecule has 0 saturated heterocycles. The van der Waals surface area contributed by atoms with Crippen LogP contribution in [0.2, 0.25) is 0 Å². The molecule has 0 fully saturated rings. The second kappa shape index (κ2) is 7.56. The van der Waals surface area contributed by atoms with Crippen molar-refractivity contribution in [1.29, 1.82) is 0 Å². The molecule has 5 heteroatoms. The van der Waals surface area contributed by atoms with E-state index in [1.54, 1.807) is 7.11 Å². The minimum absolute atomic E-state index is 0.537. The van der Waals surface area contributed by atoms with Gasteiger partial charge < -0.3 is 9.64 Å². The van der Waals surface area contributed by atoms with E-state index in [0.717, 1.165) is 31.4 Å². The predicted molar refractivity (Wildman–Crippen MR) is 75.8 cm³/mol. The second-order valence-corrected chi connectivity index (χ2v) is 5.88. The van der Waals surface area contributed by atoms with E-state index in [-0.39, 0.29) is 0 Å². The Bertz CT molecular complexity index is 238. The summed E-state index contributed by atoms with van der Waals surface area (Å²) < 4.78 is 5.16. The van der Waals surface area contributed by atoms with Crippen LogP contribution in [0.3, 0.4) is 0 Å². The molecule has 1 rings (SSSR count). The molecule has 2 unspecified atom stereocenters. The van der Waals surface area contributed by atoms with Crippen LogP contribution in [0.5, 0.6) is 0 Å². The summed E-state index contributed by atoms with van der Waals surface area (Å²) in [4.78, 5) is 7.00. The van der Waals surface area contributed by atoms with Gasteiger partial charge in [-0.25, -0.2) is 0 Å². The summed E-state index contributed by atoms with van der Waals surface area (Å²) in [5.41, 5.74) is 0. The molecule has 0 amide bonds.